The van der Waals surface area contributed by atoms with Crippen LogP contribution in [-0.4, -0.2) is 35.1 Å². The molecular weight excluding hydrogens is 344 g/mol. The number of hydrogen-bond donors (Lipinski definition) is 2. The molecule has 2 aromatic heterocycles. The molecule has 0 spiro atoms. The topological polar surface area (TPSA) is 84.7 Å². The fourth-order valence-electron chi connectivity index (χ4n) is 2.25. The highest BCUT2D eigenvalue weighted by Gasteiger charge is 2.12. The molecule has 0 unspecified atom stereocenters. The lowest BCUT2D eigenvalue weighted by molar-refractivity contribution is -0.115. The van der Waals surface area contributed by atoms with E-state index >= 15 is 0 Å². The third kappa shape index (κ3) is 3.89. The second kappa shape index (κ2) is 7.23. The molecule has 2 N–H and O–H groups in total. The maximum Gasteiger partial charge on any atom is 0.272 e. The molecule has 0 saturated carbocycles. The van der Waals surface area contributed by atoms with Gasteiger partial charge in [0.1, 0.15) is 5.75 Å². The number of halogens is 1. The van der Waals surface area contributed by atoms with Crippen LogP contribution in [-0.2, 0) is 4.79 Å². The summed E-state index contributed by atoms with van der Waals surface area (Å²) in [4.78, 5) is 24.1. The molecule has 3 rings (SSSR count). The molecule has 0 fully saturated rings. The summed E-state index contributed by atoms with van der Waals surface area (Å²) in [6.07, 6.45) is 1.74. The van der Waals surface area contributed by atoms with Crippen molar-refractivity contribution in [3.63, 3.8) is 0 Å². The maximum atomic E-state index is 12.1. The summed E-state index contributed by atoms with van der Waals surface area (Å²) in [5, 5.41) is 9.71. The van der Waals surface area contributed by atoms with Crippen molar-refractivity contribution < 1.29 is 14.3 Å². The fourth-order valence-corrected chi connectivity index (χ4v) is 2.51. The number of carbonyl (C=O) groups excluding carboxylic acids is 2. The highest BCUT2D eigenvalue weighted by Crippen LogP contribution is 2.27. The maximum absolute atomic E-state index is 12.1. The van der Waals surface area contributed by atoms with Crippen molar-refractivity contribution in [2.24, 2.45) is 0 Å². The van der Waals surface area contributed by atoms with Gasteiger partial charge in [-0.3, -0.25) is 9.59 Å². The Morgan fingerprint density at radius 2 is 2.08 bits per heavy atom. The van der Waals surface area contributed by atoms with Gasteiger partial charge in [-0.05, 0) is 36.4 Å². The van der Waals surface area contributed by atoms with Gasteiger partial charge in [-0.25, -0.2) is 4.52 Å². The zero-order valence-electron chi connectivity index (χ0n) is 13.3. The van der Waals surface area contributed by atoms with Crippen molar-refractivity contribution in [2.45, 2.75) is 0 Å². The van der Waals surface area contributed by atoms with Crippen molar-refractivity contribution in [2.75, 3.05) is 19.0 Å². The van der Waals surface area contributed by atoms with Gasteiger partial charge in [0.15, 0.2) is 5.69 Å². The molecule has 0 atom stereocenters. The smallest absolute Gasteiger partial charge is 0.272 e. The normalized spacial score (nSPS) is 10.5. The van der Waals surface area contributed by atoms with Crippen LogP contribution < -0.4 is 15.4 Å². The van der Waals surface area contributed by atoms with Crippen LogP contribution in [0.15, 0.2) is 48.7 Å². The first-order valence-corrected chi connectivity index (χ1v) is 7.80. The van der Waals surface area contributed by atoms with Crippen molar-refractivity contribution in [1.82, 2.24) is 14.9 Å². The minimum Gasteiger partial charge on any atom is -0.495 e. The lowest BCUT2D eigenvalue weighted by Gasteiger charge is -2.08. The van der Waals surface area contributed by atoms with E-state index in [9.17, 15) is 9.59 Å². The minimum absolute atomic E-state index is 0.184. The summed E-state index contributed by atoms with van der Waals surface area (Å²) in [7, 11) is 1.51. The van der Waals surface area contributed by atoms with E-state index in [4.69, 9.17) is 16.3 Å². The van der Waals surface area contributed by atoms with Crippen LogP contribution in [0.1, 0.15) is 10.5 Å². The molecule has 0 aliphatic rings. The average molecular weight is 359 g/mol. The van der Waals surface area contributed by atoms with Crippen LogP contribution in [0.3, 0.4) is 0 Å². The number of aromatic nitrogens is 2. The van der Waals surface area contributed by atoms with E-state index in [0.717, 1.165) is 5.52 Å². The van der Waals surface area contributed by atoms with E-state index in [2.05, 4.69) is 15.7 Å². The molecule has 1 aromatic carbocycles. The predicted molar refractivity (Wildman–Crippen MR) is 94.2 cm³/mol. The summed E-state index contributed by atoms with van der Waals surface area (Å²) in [5.74, 6) is -0.287. The SMILES string of the molecule is COc1ccc(NC(=O)CNC(=O)c2cc3ccccn3n2)cc1Cl. The molecule has 0 saturated heterocycles. The number of nitrogens with one attached hydrogen (secondary N) is 2. The van der Waals surface area contributed by atoms with E-state index in [0.29, 0.717) is 16.5 Å². The molecule has 2 amide bonds. The van der Waals surface area contributed by atoms with E-state index in [1.165, 1.54) is 7.11 Å². The highest BCUT2D eigenvalue weighted by atomic mass is 35.5. The number of carbonyl (C=O) groups is 2. The number of hydrogen-bond acceptors (Lipinski definition) is 4. The first-order valence-electron chi connectivity index (χ1n) is 7.43. The molecule has 7 nitrogen and oxygen atoms in total. The number of ether oxygens (including phenoxy) is 1. The van der Waals surface area contributed by atoms with Crippen LogP contribution in [0.4, 0.5) is 5.69 Å². The van der Waals surface area contributed by atoms with Gasteiger partial charge in [0, 0.05) is 11.9 Å². The molecule has 128 valence electrons. The Morgan fingerprint density at radius 1 is 1.24 bits per heavy atom. The Bertz CT molecular complexity index is 906. The van der Waals surface area contributed by atoms with E-state index < -0.39 is 5.91 Å². The Morgan fingerprint density at radius 3 is 2.80 bits per heavy atom. The van der Waals surface area contributed by atoms with Gasteiger partial charge < -0.3 is 15.4 Å². The first kappa shape index (κ1) is 16.8. The van der Waals surface area contributed by atoms with Crippen molar-refractivity contribution >= 4 is 34.6 Å². The lowest BCUT2D eigenvalue weighted by atomic mass is 10.3. The zero-order valence-corrected chi connectivity index (χ0v) is 14.1. The lowest BCUT2D eigenvalue weighted by Crippen LogP contribution is -2.33. The zero-order chi connectivity index (χ0) is 17.8. The van der Waals surface area contributed by atoms with Gasteiger partial charge in [0.2, 0.25) is 5.91 Å². The van der Waals surface area contributed by atoms with Crippen LogP contribution in [0.25, 0.3) is 5.52 Å². The molecule has 0 radical (unpaired) electrons. The van der Waals surface area contributed by atoms with Crippen molar-refractivity contribution in [1.29, 1.82) is 0 Å². The first-order chi connectivity index (χ1) is 12.1. The van der Waals surface area contributed by atoms with Gasteiger partial charge in [-0.15, -0.1) is 0 Å². The Kier molecular flexibility index (Phi) is 4.85. The number of methoxy groups -OCH3 is 1. The quantitative estimate of drug-likeness (QED) is 0.733. The van der Waals surface area contributed by atoms with Gasteiger partial charge in [0.05, 0.1) is 24.2 Å². The molecule has 3 aromatic rings. The van der Waals surface area contributed by atoms with Crippen LogP contribution in [0, 0.1) is 0 Å². The number of nitrogens with zero attached hydrogens (tertiary/aromatic N) is 2. The summed E-state index contributed by atoms with van der Waals surface area (Å²) >= 11 is 6.00. The molecule has 0 aliphatic heterocycles. The third-order valence-electron chi connectivity index (χ3n) is 3.45. The molecular formula is C17H15ClN4O3. The monoisotopic (exact) mass is 358 g/mol. The summed E-state index contributed by atoms with van der Waals surface area (Å²) in [6, 6.07) is 12.0. The fraction of sp³-hybridized carbons (Fsp3) is 0.118. The van der Waals surface area contributed by atoms with E-state index in [-0.39, 0.29) is 18.1 Å². The number of anilines is 1. The number of fused-ring (bicyclic) bond motifs is 1. The largest absolute Gasteiger partial charge is 0.495 e. The van der Waals surface area contributed by atoms with Gasteiger partial charge in [-0.2, -0.15) is 5.10 Å². The number of amides is 2. The van der Waals surface area contributed by atoms with E-state index in [1.54, 1.807) is 35.0 Å². The molecule has 8 heteroatoms. The van der Waals surface area contributed by atoms with Gasteiger partial charge in [0.25, 0.3) is 5.91 Å². The summed E-state index contributed by atoms with van der Waals surface area (Å²) < 4.78 is 6.64. The summed E-state index contributed by atoms with van der Waals surface area (Å²) in [5.41, 5.74) is 1.55. The highest BCUT2D eigenvalue weighted by molar-refractivity contribution is 6.32. The molecule has 0 bridgehead atoms. The van der Waals surface area contributed by atoms with Gasteiger partial charge >= 0.3 is 0 Å². The van der Waals surface area contributed by atoms with Crippen molar-refractivity contribution in [3.05, 3.63) is 59.4 Å². The Labute approximate surface area is 148 Å². The van der Waals surface area contributed by atoms with Crippen molar-refractivity contribution in [3.8, 4) is 5.75 Å². The van der Waals surface area contributed by atoms with Crippen LogP contribution >= 0.6 is 11.6 Å². The van der Waals surface area contributed by atoms with Crippen LogP contribution in [0.5, 0.6) is 5.75 Å². The predicted octanol–water partition coefficient (Wildman–Crippen LogP) is 2.36. The summed E-state index contributed by atoms with van der Waals surface area (Å²) in [6.45, 7) is -0.184. The number of pyridine rings is 1. The molecule has 2 heterocycles. The Balaban J connectivity index is 1.58. The Hall–Kier alpha value is -3.06. The molecule has 0 aliphatic carbocycles. The minimum atomic E-state index is -0.424. The third-order valence-corrected chi connectivity index (χ3v) is 3.74. The van der Waals surface area contributed by atoms with Crippen LogP contribution in [0.2, 0.25) is 5.02 Å². The second-order valence-corrected chi connectivity index (χ2v) is 5.59. The average Bonchev–Trinajstić information content (AvgIpc) is 3.04. The number of rotatable bonds is 5. The second-order valence-electron chi connectivity index (χ2n) is 5.18. The van der Waals surface area contributed by atoms with Gasteiger partial charge in [-0.1, -0.05) is 17.7 Å². The number of benzene rings is 1. The molecule has 25 heavy (non-hydrogen) atoms. The standard InChI is InChI=1S/C17H15ClN4O3/c1-25-15-6-5-11(8-13(15)18)20-16(23)10-19-17(24)14-9-12-4-2-3-7-22(12)21-14/h2-9H,10H2,1H3,(H,19,24)(H,20,23). The van der Waals surface area contributed by atoms with E-state index in [1.807, 2.05) is 18.2 Å².